The molecule has 2 heterocycles. The van der Waals surface area contributed by atoms with E-state index in [1.807, 2.05) is 45.0 Å². The summed E-state index contributed by atoms with van der Waals surface area (Å²) in [4.78, 5) is 23.2. The van der Waals surface area contributed by atoms with Crippen LogP contribution in [0.1, 0.15) is 24.3 Å². The minimum absolute atomic E-state index is 0.114. The topological polar surface area (TPSA) is 85.4 Å². The highest BCUT2D eigenvalue weighted by Gasteiger charge is 2.17. The molecule has 0 aliphatic carbocycles. The van der Waals surface area contributed by atoms with Crippen LogP contribution in [-0.4, -0.2) is 41.7 Å². The maximum Gasteiger partial charge on any atom is 0.242 e. The summed E-state index contributed by atoms with van der Waals surface area (Å²) in [5.74, 6) is 2.12. The van der Waals surface area contributed by atoms with E-state index in [1.165, 1.54) is 11.2 Å². The number of nitrogens with one attached hydrogen (secondary N) is 2. The molecule has 3 rings (SSSR count). The van der Waals surface area contributed by atoms with Crippen molar-refractivity contribution >= 4 is 33.3 Å². The van der Waals surface area contributed by atoms with Crippen molar-refractivity contribution < 1.29 is 14.3 Å². The standard InChI is InChI=1S/C21H26N4O3S/c1-5-27-16-6-8-17(9-7-16)28-11-10-22-20(26)14(3)25-19-18-13(2)15(4)29-21(18)24-12-23-19/h6-9,12,14H,5,10-11H2,1-4H3,(H,22,26)(H,23,24,25)/t14-/m1/s1. The van der Waals surface area contributed by atoms with Gasteiger partial charge in [-0.3, -0.25) is 4.79 Å². The molecule has 0 aliphatic rings. The molecule has 0 unspecified atom stereocenters. The molecule has 2 aromatic heterocycles. The van der Waals surface area contributed by atoms with Gasteiger partial charge in [0.2, 0.25) is 5.91 Å². The molecule has 0 bridgehead atoms. The Hall–Kier alpha value is -2.87. The van der Waals surface area contributed by atoms with Crippen LogP contribution in [0.4, 0.5) is 5.82 Å². The van der Waals surface area contributed by atoms with Gasteiger partial charge in [0.05, 0.1) is 18.5 Å². The van der Waals surface area contributed by atoms with Gasteiger partial charge in [-0.15, -0.1) is 11.3 Å². The molecule has 1 atom stereocenters. The van der Waals surface area contributed by atoms with Crippen LogP contribution in [0, 0.1) is 13.8 Å². The third kappa shape index (κ3) is 5.14. The highest BCUT2D eigenvalue weighted by molar-refractivity contribution is 7.18. The van der Waals surface area contributed by atoms with Crippen molar-refractivity contribution in [3.63, 3.8) is 0 Å². The summed E-state index contributed by atoms with van der Waals surface area (Å²) in [6, 6.07) is 6.99. The lowest BCUT2D eigenvalue weighted by molar-refractivity contribution is -0.121. The number of carbonyl (C=O) groups is 1. The fourth-order valence-corrected chi connectivity index (χ4v) is 3.85. The van der Waals surface area contributed by atoms with Gasteiger partial charge in [0.25, 0.3) is 0 Å². The second kappa shape index (κ2) is 9.56. The van der Waals surface area contributed by atoms with Crippen LogP contribution >= 0.6 is 11.3 Å². The molecule has 154 valence electrons. The number of fused-ring (bicyclic) bond motifs is 1. The van der Waals surface area contributed by atoms with Gasteiger partial charge in [0.1, 0.15) is 41.1 Å². The molecule has 0 radical (unpaired) electrons. The van der Waals surface area contributed by atoms with Crippen molar-refractivity contribution in [2.24, 2.45) is 0 Å². The first kappa shape index (κ1) is 20.9. The Morgan fingerprint density at radius 1 is 1.14 bits per heavy atom. The quantitative estimate of drug-likeness (QED) is 0.519. The van der Waals surface area contributed by atoms with Gasteiger partial charge in [-0.1, -0.05) is 0 Å². The van der Waals surface area contributed by atoms with Gasteiger partial charge in [0.15, 0.2) is 0 Å². The number of hydrogen-bond acceptors (Lipinski definition) is 7. The number of aryl methyl sites for hydroxylation is 2. The number of aromatic nitrogens is 2. The van der Waals surface area contributed by atoms with Gasteiger partial charge in [-0.25, -0.2) is 9.97 Å². The molecule has 3 aromatic rings. The predicted octanol–water partition coefficient (Wildman–Crippen LogP) is 3.70. The number of anilines is 1. The number of ether oxygens (including phenoxy) is 2. The predicted molar refractivity (Wildman–Crippen MR) is 116 cm³/mol. The number of carbonyl (C=O) groups excluding carboxylic acids is 1. The Balaban J connectivity index is 1.48. The van der Waals surface area contributed by atoms with Crippen molar-refractivity contribution in [2.45, 2.75) is 33.7 Å². The van der Waals surface area contributed by atoms with Crippen molar-refractivity contribution in [2.75, 3.05) is 25.1 Å². The van der Waals surface area contributed by atoms with Crippen LogP contribution in [0.25, 0.3) is 10.2 Å². The summed E-state index contributed by atoms with van der Waals surface area (Å²) in [6.45, 7) is 9.28. The maximum absolute atomic E-state index is 12.4. The third-order valence-corrected chi connectivity index (χ3v) is 5.63. The normalized spacial score (nSPS) is 11.9. The zero-order chi connectivity index (χ0) is 20.8. The molecule has 7 nitrogen and oxygen atoms in total. The summed E-state index contributed by atoms with van der Waals surface area (Å²) >= 11 is 1.63. The van der Waals surface area contributed by atoms with E-state index in [1.54, 1.807) is 11.3 Å². The van der Waals surface area contributed by atoms with Crippen LogP contribution in [-0.2, 0) is 4.79 Å². The van der Waals surface area contributed by atoms with Gasteiger partial charge in [0, 0.05) is 4.88 Å². The molecule has 0 spiro atoms. The Bertz CT molecular complexity index is 972. The first-order chi connectivity index (χ1) is 14.0. The maximum atomic E-state index is 12.4. The third-order valence-electron chi connectivity index (χ3n) is 4.52. The van der Waals surface area contributed by atoms with Gasteiger partial charge in [-0.05, 0) is 57.5 Å². The summed E-state index contributed by atoms with van der Waals surface area (Å²) < 4.78 is 11.1. The van der Waals surface area contributed by atoms with Gasteiger partial charge < -0.3 is 20.1 Å². The van der Waals surface area contributed by atoms with E-state index in [0.29, 0.717) is 25.6 Å². The van der Waals surface area contributed by atoms with E-state index < -0.39 is 6.04 Å². The van der Waals surface area contributed by atoms with Crippen LogP contribution in [0.2, 0.25) is 0 Å². The van der Waals surface area contributed by atoms with E-state index in [-0.39, 0.29) is 5.91 Å². The average molecular weight is 415 g/mol. The number of thiophene rings is 1. The lowest BCUT2D eigenvalue weighted by atomic mass is 10.2. The number of hydrogen-bond donors (Lipinski definition) is 2. The largest absolute Gasteiger partial charge is 0.494 e. The Labute approximate surface area is 174 Å². The Morgan fingerprint density at radius 2 is 1.83 bits per heavy atom. The highest BCUT2D eigenvalue weighted by Crippen LogP contribution is 2.32. The first-order valence-corrected chi connectivity index (χ1v) is 10.4. The SMILES string of the molecule is CCOc1ccc(OCCNC(=O)[C@@H](C)Nc2ncnc3sc(C)c(C)c23)cc1. The van der Waals surface area contributed by atoms with Crippen LogP contribution in [0.5, 0.6) is 11.5 Å². The van der Waals surface area contributed by atoms with E-state index in [9.17, 15) is 4.79 Å². The molecule has 2 N–H and O–H groups in total. The monoisotopic (exact) mass is 414 g/mol. The average Bonchev–Trinajstić information content (AvgIpc) is 3.01. The molecule has 0 fully saturated rings. The second-order valence-electron chi connectivity index (χ2n) is 6.60. The zero-order valence-corrected chi connectivity index (χ0v) is 17.9. The second-order valence-corrected chi connectivity index (χ2v) is 7.80. The van der Waals surface area contributed by atoms with Crippen molar-refractivity contribution in [1.82, 2.24) is 15.3 Å². The first-order valence-electron chi connectivity index (χ1n) is 9.60. The van der Waals surface area contributed by atoms with Crippen LogP contribution < -0.4 is 20.1 Å². The lowest BCUT2D eigenvalue weighted by Gasteiger charge is -2.15. The zero-order valence-electron chi connectivity index (χ0n) is 17.1. The smallest absolute Gasteiger partial charge is 0.242 e. The fourth-order valence-electron chi connectivity index (χ4n) is 2.86. The van der Waals surface area contributed by atoms with Crippen LogP contribution in [0.15, 0.2) is 30.6 Å². The summed E-state index contributed by atoms with van der Waals surface area (Å²) in [6.07, 6.45) is 1.52. The molecular formula is C21H26N4O3S. The molecule has 0 aliphatic heterocycles. The van der Waals surface area contributed by atoms with E-state index in [0.717, 1.165) is 27.3 Å². The molecule has 1 aromatic carbocycles. The van der Waals surface area contributed by atoms with E-state index in [4.69, 9.17) is 9.47 Å². The van der Waals surface area contributed by atoms with Crippen LogP contribution in [0.3, 0.4) is 0 Å². The highest BCUT2D eigenvalue weighted by atomic mass is 32.1. The summed E-state index contributed by atoms with van der Waals surface area (Å²) in [7, 11) is 0. The van der Waals surface area contributed by atoms with E-state index >= 15 is 0 Å². The van der Waals surface area contributed by atoms with Crippen molar-refractivity contribution in [1.29, 1.82) is 0 Å². The van der Waals surface area contributed by atoms with Gasteiger partial charge >= 0.3 is 0 Å². The van der Waals surface area contributed by atoms with Crippen molar-refractivity contribution in [3.05, 3.63) is 41.0 Å². The molecular weight excluding hydrogens is 388 g/mol. The molecule has 8 heteroatoms. The summed E-state index contributed by atoms with van der Waals surface area (Å²) in [5.41, 5.74) is 1.14. The number of benzene rings is 1. The molecule has 1 amide bonds. The lowest BCUT2D eigenvalue weighted by Crippen LogP contribution is -2.39. The fraction of sp³-hybridized carbons (Fsp3) is 0.381. The Morgan fingerprint density at radius 3 is 2.52 bits per heavy atom. The number of nitrogens with zero attached hydrogens (tertiary/aromatic N) is 2. The molecule has 0 saturated heterocycles. The van der Waals surface area contributed by atoms with Crippen molar-refractivity contribution in [3.8, 4) is 11.5 Å². The number of rotatable bonds is 9. The van der Waals surface area contributed by atoms with Gasteiger partial charge in [-0.2, -0.15) is 0 Å². The Kier molecular flexibility index (Phi) is 6.87. The minimum atomic E-state index is -0.432. The summed E-state index contributed by atoms with van der Waals surface area (Å²) in [5, 5.41) is 7.07. The van der Waals surface area contributed by atoms with E-state index in [2.05, 4.69) is 27.5 Å². The number of amides is 1. The minimum Gasteiger partial charge on any atom is -0.494 e. The molecule has 29 heavy (non-hydrogen) atoms. The molecule has 0 saturated carbocycles.